The third kappa shape index (κ3) is 3.57. The van der Waals surface area contributed by atoms with Gasteiger partial charge in [-0.15, -0.1) is 0 Å². The first-order valence-corrected chi connectivity index (χ1v) is 5.38. The Morgan fingerprint density at radius 3 is 1.67 bits per heavy atom. The molecule has 12 heavy (non-hydrogen) atoms. The predicted molar refractivity (Wildman–Crippen MR) is 54.5 cm³/mol. The van der Waals surface area contributed by atoms with Gasteiger partial charge in [0.2, 0.25) is 0 Å². The highest BCUT2D eigenvalue weighted by Crippen LogP contribution is 2.27. The molecule has 0 amide bonds. The van der Waals surface area contributed by atoms with Crippen LogP contribution in [0.5, 0.6) is 0 Å². The molecular formula is C11H24O. The monoisotopic (exact) mass is 172 g/mol. The average molecular weight is 172 g/mol. The van der Waals surface area contributed by atoms with Crippen molar-refractivity contribution in [2.45, 2.75) is 65.4 Å². The molecule has 0 saturated heterocycles. The summed E-state index contributed by atoms with van der Waals surface area (Å²) in [5, 5.41) is 0. The quantitative estimate of drug-likeness (QED) is 0.568. The first kappa shape index (κ1) is 12.0. The third-order valence-corrected chi connectivity index (χ3v) is 2.51. The van der Waals surface area contributed by atoms with Crippen LogP contribution < -0.4 is 0 Å². The molecule has 0 saturated carbocycles. The SMILES string of the molecule is CCCC(CC)(CCC)OCC. The van der Waals surface area contributed by atoms with Crippen molar-refractivity contribution in [2.24, 2.45) is 0 Å². The predicted octanol–water partition coefficient (Wildman–Crippen LogP) is 3.77. The topological polar surface area (TPSA) is 9.23 Å². The van der Waals surface area contributed by atoms with Gasteiger partial charge in [0.1, 0.15) is 0 Å². The van der Waals surface area contributed by atoms with Gasteiger partial charge in [0.15, 0.2) is 0 Å². The largest absolute Gasteiger partial charge is 0.375 e. The van der Waals surface area contributed by atoms with Crippen molar-refractivity contribution in [3.63, 3.8) is 0 Å². The molecule has 0 atom stereocenters. The minimum absolute atomic E-state index is 0.193. The summed E-state index contributed by atoms with van der Waals surface area (Å²) in [6, 6.07) is 0. The van der Waals surface area contributed by atoms with Crippen LogP contribution in [-0.4, -0.2) is 12.2 Å². The number of hydrogen-bond acceptors (Lipinski definition) is 1. The van der Waals surface area contributed by atoms with Crippen LogP contribution in [0, 0.1) is 0 Å². The van der Waals surface area contributed by atoms with Gasteiger partial charge in [0, 0.05) is 6.61 Å². The van der Waals surface area contributed by atoms with Gasteiger partial charge in [-0.2, -0.15) is 0 Å². The van der Waals surface area contributed by atoms with Crippen LogP contribution in [0.25, 0.3) is 0 Å². The fourth-order valence-electron chi connectivity index (χ4n) is 1.94. The zero-order valence-electron chi connectivity index (χ0n) is 9.15. The van der Waals surface area contributed by atoms with E-state index >= 15 is 0 Å². The van der Waals surface area contributed by atoms with Gasteiger partial charge in [0.05, 0.1) is 5.60 Å². The van der Waals surface area contributed by atoms with Crippen molar-refractivity contribution >= 4 is 0 Å². The fourth-order valence-corrected chi connectivity index (χ4v) is 1.94. The minimum Gasteiger partial charge on any atom is -0.375 e. The molecule has 0 aromatic heterocycles. The Labute approximate surface area is 77.5 Å². The molecule has 0 aromatic carbocycles. The molecule has 74 valence electrons. The van der Waals surface area contributed by atoms with Crippen LogP contribution in [-0.2, 0) is 4.74 Å². The Kier molecular flexibility index (Phi) is 6.45. The van der Waals surface area contributed by atoms with E-state index in [4.69, 9.17) is 4.74 Å². The molecular weight excluding hydrogens is 148 g/mol. The number of hydrogen-bond donors (Lipinski definition) is 0. The van der Waals surface area contributed by atoms with E-state index in [1.54, 1.807) is 0 Å². The summed E-state index contributed by atoms with van der Waals surface area (Å²) in [6.07, 6.45) is 6.04. The van der Waals surface area contributed by atoms with Crippen molar-refractivity contribution in [2.75, 3.05) is 6.61 Å². The molecule has 0 aliphatic heterocycles. The molecule has 0 radical (unpaired) electrons. The van der Waals surface area contributed by atoms with Gasteiger partial charge in [-0.1, -0.05) is 33.6 Å². The molecule has 0 rings (SSSR count). The van der Waals surface area contributed by atoms with E-state index in [-0.39, 0.29) is 5.60 Å². The van der Waals surface area contributed by atoms with E-state index in [0.29, 0.717) is 0 Å². The molecule has 0 aromatic rings. The fraction of sp³-hybridized carbons (Fsp3) is 1.00. The molecule has 0 spiro atoms. The van der Waals surface area contributed by atoms with Crippen LogP contribution in [0.15, 0.2) is 0 Å². The minimum atomic E-state index is 0.193. The van der Waals surface area contributed by atoms with Crippen LogP contribution in [0.2, 0.25) is 0 Å². The highest BCUT2D eigenvalue weighted by atomic mass is 16.5. The average Bonchev–Trinajstić information content (AvgIpc) is 2.06. The summed E-state index contributed by atoms with van der Waals surface area (Å²) >= 11 is 0. The third-order valence-electron chi connectivity index (χ3n) is 2.51. The summed E-state index contributed by atoms with van der Waals surface area (Å²) in [7, 11) is 0. The maximum Gasteiger partial charge on any atom is 0.0679 e. The van der Waals surface area contributed by atoms with Crippen LogP contribution in [0.1, 0.15) is 59.8 Å². The van der Waals surface area contributed by atoms with E-state index in [1.165, 1.54) is 25.7 Å². The van der Waals surface area contributed by atoms with Gasteiger partial charge in [-0.05, 0) is 26.2 Å². The van der Waals surface area contributed by atoms with Gasteiger partial charge in [-0.3, -0.25) is 0 Å². The van der Waals surface area contributed by atoms with Crippen molar-refractivity contribution in [3.05, 3.63) is 0 Å². The molecule has 0 heterocycles. The van der Waals surface area contributed by atoms with Crippen molar-refractivity contribution < 1.29 is 4.74 Å². The highest BCUT2D eigenvalue weighted by molar-refractivity contribution is 4.77. The maximum atomic E-state index is 5.86. The standard InChI is InChI=1S/C11H24O/c1-5-9-11(7-3,10-6-2)12-8-4/h5-10H2,1-4H3. The first-order chi connectivity index (χ1) is 5.74. The summed E-state index contributed by atoms with van der Waals surface area (Å²) in [5.74, 6) is 0. The van der Waals surface area contributed by atoms with Crippen molar-refractivity contribution in [1.82, 2.24) is 0 Å². The van der Waals surface area contributed by atoms with Crippen LogP contribution in [0.4, 0.5) is 0 Å². The number of rotatable bonds is 7. The lowest BCUT2D eigenvalue weighted by molar-refractivity contribution is -0.0553. The van der Waals surface area contributed by atoms with E-state index in [0.717, 1.165) is 13.0 Å². The Morgan fingerprint density at radius 1 is 0.917 bits per heavy atom. The Balaban J connectivity index is 4.06. The zero-order valence-corrected chi connectivity index (χ0v) is 9.15. The molecule has 1 nitrogen and oxygen atoms in total. The Morgan fingerprint density at radius 2 is 1.42 bits per heavy atom. The summed E-state index contributed by atoms with van der Waals surface area (Å²) in [4.78, 5) is 0. The van der Waals surface area contributed by atoms with E-state index in [2.05, 4.69) is 27.7 Å². The van der Waals surface area contributed by atoms with Gasteiger partial charge in [-0.25, -0.2) is 0 Å². The van der Waals surface area contributed by atoms with E-state index < -0.39 is 0 Å². The number of ether oxygens (including phenoxy) is 1. The van der Waals surface area contributed by atoms with Crippen molar-refractivity contribution in [3.8, 4) is 0 Å². The molecule has 0 aliphatic carbocycles. The molecule has 0 N–H and O–H groups in total. The van der Waals surface area contributed by atoms with Crippen LogP contribution >= 0.6 is 0 Å². The summed E-state index contributed by atoms with van der Waals surface area (Å²) in [6.45, 7) is 9.66. The van der Waals surface area contributed by atoms with Gasteiger partial charge in [0.25, 0.3) is 0 Å². The lowest BCUT2D eigenvalue weighted by Gasteiger charge is -2.32. The maximum absolute atomic E-state index is 5.86. The lowest BCUT2D eigenvalue weighted by Crippen LogP contribution is -2.31. The molecule has 0 unspecified atom stereocenters. The Hall–Kier alpha value is -0.0400. The molecule has 0 aliphatic rings. The highest BCUT2D eigenvalue weighted by Gasteiger charge is 2.25. The molecule has 1 heteroatoms. The second-order valence-electron chi connectivity index (χ2n) is 3.47. The van der Waals surface area contributed by atoms with Gasteiger partial charge >= 0.3 is 0 Å². The van der Waals surface area contributed by atoms with Crippen molar-refractivity contribution in [1.29, 1.82) is 0 Å². The first-order valence-electron chi connectivity index (χ1n) is 5.38. The van der Waals surface area contributed by atoms with Gasteiger partial charge < -0.3 is 4.74 Å². The van der Waals surface area contributed by atoms with Crippen LogP contribution in [0.3, 0.4) is 0 Å². The Bertz CT molecular complexity index is 82.2. The van der Waals surface area contributed by atoms with E-state index in [1.807, 2.05) is 0 Å². The smallest absolute Gasteiger partial charge is 0.0679 e. The molecule has 0 fully saturated rings. The summed E-state index contributed by atoms with van der Waals surface area (Å²) < 4.78 is 5.86. The van der Waals surface area contributed by atoms with E-state index in [9.17, 15) is 0 Å². The lowest BCUT2D eigenvalue weighted by atomic mass is 9.90. The summed E-state index contributed by atoms with van der Waals surface area (Å²) in [5.41, 5.74) is 0.193. The zero-order chi connectivity index (χ0) is 9.45. The molecule has 0 bridgehead atoms. The second-order valence-corrected chi connectivity index (χ2v) is 3.47. The normalized spacial score (nSPS) is 12.0. The second kappa shape index (κ2) is 6.47.